The van der Waals surface area contributed by atoms with Crippen LogP contribution in [0.5, 0.6) is 0 Å². The molecule has 0 aromatic rings. The van der Waals surface area contributed by atoms with Crippen molar-refractivity contribution in [3.05, 3.63) is 11.9 Å². The quantitative estimate of drug-likeness (QED) is 0.451. The molecule has 0 spiro atoms. The van der Waals surface area contributed by atoms with Crippen LogP contribution >= 0.6 is 7.60 Å². The van der Waals surface area contributed by atoms with Gasteiger partial charge in [0.05, 0.1) is 0 Å². The molecule has 1 aliphatic heterocycles. The minimum Gasteiger partial charge on any atom is -0.387 e. The molecule has 1 aliphatic rings. The van der Waals surface area contributed by atoms with Gasteiger partial charge in [0.2, 0.25) is 0 Å². The SMILES string of the molecule is [B]C1OC(/C=C/P(=O)(O)O)C(O)C1OCC. The second kappa shape index (κ2) is 5.45. The van der Waals surface area contributed by atoms with E-state index in [1.807, 2.05) is 0 Å². The van der Waals surface area contributed by atoms with Gasteiger partial charge in [-0.2, -0.15) is 0 Å². The fourth-order valence-corrected chi connectivity index (χ4v) is 1.86. The number of aliphatic hydroxyl groups is 1. The number of aliphatic hydroxyl groups excluding tert-OH is 1. The summed E-state index contributed by atoms with van der Waals surface area (Å²) in [6, 6.07) is -0.804. The lowest BCUT2D eigenvalue weighted by Gasteiger charge is -2.17. The summed E-state index contributed by atoms with van der Waals surface area (Å²) in [7, 11) is 1.30. The van der Waals surface area contributed by atoms with Gasteiger partial charge in [-0.05, 0) is 13.0 Å². The third kappa shape index (κ3) is 3.70. The zero-order valence-electron chi connectivity index (χ0n) is 8.76. The van der Waals surface area contributed by atoms with Gasteiger partial charge in [0.15, 0.2) is 0 Å². The molecule has 0 aromatic carbocycles. The Balaban J connectivity index is 2.65. The fourth-order valence-electron chi connectivity index (χ4n) is 1.46. The Hall–Kier alpha value is -0.165. The first-order valence-electron chi connectivity index (χ1n) is 4.80. The van der Waals surface area contributed by atoms with Crippen LogP contribution < -0.4 is 0 Å². The first-order chi connectivity index (χ1) is 7.35. The maximum Gasteiger partial charge on any atom is 0.348 e. The molecular formula is C8H14BO6P. The summed E-state index contributed by atoms with van der Waals surface area (Å²) in [6.07, 6.45) is -1.47. The van der Waals surface area contributed by atoms with E-state index < -0.39 is 31.9 Å². The van der Waals surface area contributed by atoms with Gasteiger partial charge in [0.25, 0.3) is 0 Å². The van der Waals surface area contributed by atoms with Crippen LogP contribution in [-0.2, 0) is 14.0 Å². The third-order valence-corrected chi connectivity index (χ3v) is 2.70. The second-order valence-electron chi connectivity index (χ2n) is 3.41. The van der Waals surface area contributed by atoms with E-state index in [4.69, 9.17) is 27.1 Å². The molecular weight excluding hydrogens is 234 g/mol. The Morgan fingerprint density at radius 1 is 1.56 bits per heavy atom. The molecule has 6 nitrogen and oxygen atoms in total. The lowest BCUT2D eigenvalue weighted by Crippen LogP contribution is -2.35. The summed E-state index contributed by atoms with van der Waals surface area (Å²) < 4.78 is 20.9. The van der Waals surface area contributed by atoms with E-state index in [1.165, 1.54) is 0 Å². The highest BCUT2D eigenvalue weighted by molar-refractivity contribution is 7.55. The van der Waals surface area contributed by atoms with Gasteiger partial charge in [-0.25, -0.2) is 0 Å². The van der Waals surface area contributed by atoms with E-state index in [0.29, 0.717) is 12.4 Å². The Kier molecular flexibility index (Phi) is 4.73. The van der Waals surface area contributed by atoms with Crippen molar-refractivity contribution >= 4 is 15.4 Å². The van der Waals surface area contributed by atoms with Crippen LogP contribution in [0.2, 0.25) is 0 Å². The van der Waals surface area contributed by atoms with Gasteiger partial charge >= 0.3 is 7.60 Å². The highest BCUT2D eigenvalue weighted by Crippen LogP contribution is 2.37. The molecule has 90 valence electrons. The Labute approximate surface area is 94.8 Å². The standard InChI is InChI=1S/C8H14BO6P/c1-2-14-7-6(10)5(15-8(7)9)3-4-16(11,12)13/h3-8,10H,2H2,1H3,(H2,11,12,13)/b4-3+. The van der Waals surface area contributed by atoms with Crippen LogP contribution in [0, 0.1) is 0 Å². The smallest absolute Gasteiger partial charge is 0.348 e. The molecule has 0 bridgehead atoms. The molecule has 1 heterocycles. The monoisotopic (exact) mass is 248 g/mol. The summed E-state index contributed by atoms with van der Waals surface area (Å²) >= 11 is 0. The highest BCUT2D eigenvalue weighted by atomic mass is 31.2. The predicted octanol–water partition coefficient (Wildman–Crippen LogP) is -0.663. The molecule has 1 saturated heterocycles. The fraction of sp³-hybridized carbons (Fsp3) is 0.750. The molecule has 0 saturated carbocycles. The normalized spacial score (nSPS) is 36.0. The summed E-state index contributed by atoms with van der Waals surface area (Å²) in [5.74, 6) is 0.682. The van der Waals surface area contributed by atoms with Crippen molar-refractivity contribution in [3.63, 3.8) is 0 Å². The number of ether oxygens (including phenoxy) is 2. The Morgan fingerprint density at radius 2 is 2.19 bits per heavy atom. The number of rotatable bonds is 4. The largest absolute Gasteiger partial charge is 0.387 e. The highest BCUT2D eigenvalue weighted by Gasteiger charge is 2.40. The lowest BCUT2D eigenvalue weighted by atomic mass is 9.93. The molecule has 1 rings (SSSR count). The summed E-state index contributed by atoms with van der Waals surface area (Å²) in [4.78, 5) is 17.2. The maximum absolute atomic E-state index is 10.6. The van der Waals surface area contributed by atoms with Crippen LogP contribution in [0.3, 0.4) is 0 Å². The van der Waals surface area contributed by atoms with Crippen molar-refractivity contribution in [3.8, 4) is 0 Å². The summed E-state index contributed by atoms with van der Waals surface area (Å²) in [5, 5.41) is 9.71. The molecule has 1 fully saturated rings. The first kappa shape index (κ1) is 13.9. The van der Waals surface area contributed by atoms with Crippen molar-refractivity contribution < 1.29 is 28.9 Å². The van der Waals surface area contributed by atoms with Crippen molar-refractivity contribution in [2.45, 2.75) is 31.2 Å². The molecule has 2 radical (unpaired) electrons. The van der Waals surface area contributed by atoms with E-state index in [-0.39, 0.29) is 0 Å². The van der Waals surface area contributed by atoms with E-state index in [0.717, 1.165) is 6.08 Å². The van der Waals surface area contributed by atoms with Crippen LogP contribution in [0.1, 0.15) is 6.92 Å². The molecule has 0 amide bonds. The zero-order chi connectivity index (χ0) is 12.3. The van der Waals surface area contributed by atoms with Crippen molar-refractivity contribution in [1.29, 1.82) is 0 Å². The molecule has 8 heteroatoms. The van der Waals surface area contributed by atoms with Crippen molar-refractivity contribution in [1.82, 2.24) is 0 Å². The Morgan fingerprint density at radius 3 is 2.69 bits per heavy atom. The molecule has 3 N–H and O–H groups in total. The third-order valence-electron chi connectivity index (χ3n) is 2.14. The minimum atomic E-state index is -4.25. The lowest BCUT2D eigenvalue weighted by molar-refractivity contribution is -0.0136. The van der Waals surface area contributed by atoms with E-state index in [1.54, 1.807) is 6.92 Å². The van der Waals surface area contributed by atoms with E-state index >= 15 is 0 Å². The van der Waals surface area contributed by atoms with Crippen LogP contribution in [0.25, 0.3) is 0 Å². The van der Waals surface area contributed by atoms with Gasteiger partial charge in [0.1, 0.15) is 26.2 Å². The van der Waals surface area contributed by atoms with Crippen molar-refractivity contribution in [2.75, 3.05) is 6.61 Å². The van der Waals surface area contributed by atoms with Crippen molar-refractivity contribution in [2.24, 2.45) is 0 Å². The van der Waals surface area contributed by atoms with Gasteiger partial charge in [-0.15, -0.1) is 0 Å². The van der Waals surface area contributed by atoms with Crippen LogP contribution in [0.15, 0.2) is 11.9 Å². The number of hydrogen-bond acceptors (Lipinski definition) is 4. The molecule has 4 unspecified atom stereocenters. The predicted molar refractivity (Wildman–Crippen MR) is 57.0 cm³/mol. The summed E-state index contributed by atoms with van der Waals surface area (Å²) in [6.45, 7) is 2.12. The number of hydrogen-bond donors (Lipinski definition) is 3. The average Bonchev–Trinajstić information content (AvgIpc) is 2.42. The van der Waals surface area contributed by atoms with E-state index in [2.05, 4.69) is 0 Å². The second-order valence-corrected chi connectivity index (χ2v) is 4.88. The average molecular weight is 248 g/mol. The minimum absolute atomic E-state index is 0.369. The van der Waals surface area contributed by atoms with E-state index in [9.17, 15) is 9.67 Å². The topological polar surface area (TPSA) is 96.2 Å². The maximum atomic E-state index is 10.6. The van der Waals surface area contributed by atoms with Crippen LogP contribution in [0.4, 0.5) is 0 Å². The van der Waals surface area contributed by atoms with Crippen LogP contribution in [-0.4, -0.2) is 53.7 Å². The summed E-state index contributed by atoms with van der Waals surface area (Å²) in [5.41, 5.74) is 0. The molecule has 0 aliphatic carbocycles. The van der Waals surface area contributed by atoms with Gasteiger partial charge in [0, 0.05) is 18.4 Å². The zero-order valence-corrected chi connectivity index (χ0v) is 9.66. The Bertz CT molecular complexity index is 303. The molecule has 4 atom stereocenters. The molecule has 16 heavy (non-hydrogen) atoms. The van der Waals surface area contributed by atoms with Gasteiger partial charge < -0.3 is 24.4 Å². The first-order valence-corrected chi connectivity index (χ1v) is 6.48. The van der Waals surface area contributed by atoms with Gasteiger partial charge in [-0.3, -0.25) is 4.57 Å². The molecule has 0 aromatic heterocycles. The van der Waals surface area contributed by atoms with Gasteiger partial charge in [-0.1, -0.05) is 0 Å².